The van der Waals surface area contributed by atoms with Gasteiger partial charge in [-0.3, -0.25) is 4.79 Å². The van der Waals surface area contributed by atoms with Gasteiger partial charge in [-0.2, -0.15) is 0 Å². The predicted molar refractivity (Wildman–Crippen MR) is 94.1 cm³/mol. The number of hydrogen-bond acceptors (Lipinski definition) is 8. The monoisotopic (exact) mass is 384 g/mol. The topological polar surface area (TPSA) is 92.3 Å². The van der Waals surface area contributed by atoms with E-state index in [2.05, 4.69) is 22.4 Å². The Labute approximate surface area is 148 Å². The molecular formula is C14H16N4O3S3. The second-order valence-corrected chi connectivity index (χ2v) is 9.18. The van der Waals surface area contributed by atoms with Crippen molar-refractivity contribution in [2.45, 2.75) is 22.6 Å². The number of rotatable bonds is 7. The summed E-state index contributed by atoms with van der Waals surface area (Å²) >= 11 is 2.81. The molecule has 2 aromatic rings. The van der Waals surface area contributed by atoms with Crippen molar-refractivity contribution in [3.8, 4) is 0 Å². The molecule has 0 fully saturated rings. The molecule has 0 atom stereocenters. The van der Waals surface area contributed by atoms with Crippen molar-refractivity contribution in [3.05, 3.63) is 29.8 Å². The molecule has 1 aliphatic heterocycles. The minimum absolute atomic E-state index is 0.0852. The van der Waals surface area contributed by atoms with Gasteiger partial charge in [0.05, 0.1) is 5.56 Å². The Balaban J connectivity index is 1.62. The summed E-state index contributed by atoms with van der Waals surface area (Å²) in [6.45, 7) is 3.01. The number of fused-ring (bicyclic) bond motifs is 1. The van der Waals surface area contributed by atoms with E-state index in [9.17, 15) is 13.2 Å². The largest absolute Gasteiger partial charge is 0.360 e. The highest BCUT2D eigenvalue weighted by Gasteiger charge is 2.40. The lowest BCUT2D eigenvalue weighted by Crippen LogP contribution is -2.32. The van der Waals surface area contributed by atoms with Crippen molar-refractivity contribution >= 4 is 44.2 Å². The summed E-state index contributed by atoms with van der Waals surface area (Å²) in [6.07, 6.45) is 0.998. The first-order chi connectivity index (χ1) is 11.5. The summed E-state index contributed by atoms with van der Waals surface area (Å²) in [5.74, 6) is -0.0322. The van der Waals surface area contributed by atoms with Crippen LogP contribution in [0.3, 0.4) is 0 Å². The Hall–Kier alpha value is -1.65. The van der Waals surface area contributed by atoms with E-state index in [-0.39, 0.29) is 17.0 Å². The highest BCUT2D eigenvalue weighted by atomic mass is 32.2. The number of hydrogen-bond donors (Lipinski definition) is 1. The Morgan fingerprint density at radius 1 is 1.29 bits per heavy atom. The number of benzene rings is 1. The lowest BCUT2D eigenvalue weighted by atomic mass is 10.2. The first kappa shape index (κ1) is 17.2. The normalized spacial score (nSPS) is 15.5. The first-order valence-corrected chi connectivity index (χ1v) is 10.6. The fourth-order valence-electron chi connectivity index (χ4n) is 2.24. The third kappa shape index (κ3) is 3.26. The number of amides is 1. The van der Waals surface area contributed by atoms with Crippen LogP contribution in [0.15, 0.2) is 33.5 Å². The quantitative estimate of drug-likeness (QED) is 0.732. The molecule has 2 heterocycles. The number of carbonyl (C=O) groups is 1. The SMILES string of the molecule is CCCNc1nnc(SCCN2C(=O)c3ccccc3S2(=O)=O)s1. The standard InChI is InChI=1S/C14H16N4O3S3/c1-2-7-15-13-16-17-14(23-13)22-9-8-18-12(19)10-5-3-4-6-11(10)24(18,20)21/h3-6H,2,7-9H2,1H3,(H,15,16). The van der Waals surface area contributed by atoms with Crippen molar-refractivity contribution in [2.24, 2.45) is 0 Å². The van der Waals surface area contributed by atoms with Crippen LogP contribution in [0.4, 0.5) is 5.13 Å². The van der Waals surface area contributed by atoms with Gasteiger partial charge >= 0.3 is 0 Å². The Morgan fingerprint density at radius 2 is 2.08 bits per heavy atom. The van der Waals surface area contributed by atoms with Crippen LogP contribution >= 0.6 is 23.1 Å². The predicted octanol–water partition coefficient (Wildman–Crippen LogP) is 2.30. The van der Waals surface area contributed by atoms with Crippen LogP contribution in [0.2, 0.25) is 0 Å². The number of anilines is 1. The molecule has 7 nitrogen and oxygen atoms in total. The van der Waals surface area contributed by atoms with E-state index in [0.29, 0.717) is 5.75 Å². The Morgan fingerprint density at radius 3 is 2.83 bits per heavy atom. The second-order valence-electron chi connectivity index (χ2n) is 5.03. The summed E-state index contributed by atoms with van der Waals surface area (Å²) in [6, 6.07) is 6.29. The maximum absolute atomic E-state index is 12.4. The van der Waals surface area contributed by atoms with Crippen molar-refractivity contribution in [3.63, 3.8) is 0 Å². The summed E-state index contributed by atoms with van der Waals surface area (Å²) in [4.78, 5) is 12.4. The molecule has 0 saturated heterocycles. The van der Waals surface area contributed by atoms with E-state index in [1.165, 1.54) is 29.2 Å². The minimum Gasteiger partial charge on any atom is -0.360 e. The van der Waals surface area contributed by atoms with Gasteiger partial charge in [0.25, 0.3) is 15.9 Å². The van der Waals surface area contributed by atoms with Gasteiger partial charge in [-0.1, -0.05) is 42.2 Å². The van der Waals surface area contributed by atoms with Crippen LogP contribution in [0.25, 0.3) is 0 Å². The molecule has 1 N–H and O–H groups in total. The van der Waals surface area contributed by atoms with Crippen LogP contribution in [0.5, 0.6) is 0 Å². The summed E-state index contributed by atoms with van der Waals surface area (Å²) in [5.41, 5.74) is 0.240. The van der Waals surface area contributed by atoms with E-state index in [0.717, 1.165) is 26.7 Å². The molecule has 1 aliphatic rings. The number of nitrogens with one attached hydrogen (secondary N) is 1. The van der Waals surface area contributed by atoms with Gasteiger partial charge in [0.2, 0.25) is 5.13 Å². The third-order valence-corrected chi connectivity index (χ3v) is 7.20. The zero-order chi connectivity index (χ0) is 17.2. The first-order valence-electron chi connectivity index (χ1n) is 7.40. The fraction of sp³-hybridized carbons (Fsp3) is 0.357. The van der Waals surface area contributed by atoms with Gasteiger partial charge in [-0.05, 0) is 18.6 Å². The smallest absolute Gasteiger partial charge is 0.269 e. The average molecular weight is 385 g/mol. The maximum Gasteiger partial charge on any atom is 0.269 e. The summed E-state index contributed by atoms with van der Waals surface area (Å²) in [7, 11) is -3.73. The Bertz CT molecular complexity index is 850. The van der Waals surface area contributed by atoms with Crippen LogP contribution in [0.1, 0.15) is 23.7 Å². The van der Waals surface area contributed by atoms with Crippen molar-refractivity contribution in [1.82, 2.24) is 14.5 Å². The summed E-state index contributed by atoms with van der Waals surface area (Å²) < 4.78 is 26.5. The van der Waals surface area contributed by atoms with Gasteiger partial charge in [0.1, 0.15) is 4.90 Å². The number of nitrogens with zero attached hydrogens (tertiary/aromatic N) is 3. The summed E-state index contributed by atoms with van der Waals surface area (Å²) in [5, 5.41) is 12.0. The molecule has 1 amide bonds. The molecule has 1 aromatic heterocycles. The van der Waals surface area contributed by atoms with Crippen LogP contribution < -0.4 is 5.32 Å². The molecule has 3 rings (SSSR count). The van der Waals surface area contributed by atoms with Gasteiger partial charge in [-0.25, -0.2) is 12.7 Å². The number of sulfonamides is 1. The van der Waals surface area contributed by atoms with E-state index >= 15 is 0 Å². The molecule has 10 heteroatoms. The lowest BCUT2D eigenvalue weighted by Gasteiger charge is -2.13. The van der Waals surface area contributed by atoms with Gasteiger partial charge < -0.3 is 5.32 Å². The van der Waals surface area contributed by atoms with E-state index in [4.69, 9.17) is 0 Å². The van der Waals surface area contributed by atoms with Crippen molar-refractivity contribution < 1.29 is 13.2 Å². The van der Waals surface area contributed by atoms with Crippen molar-refractivity contribution in [2.75, 3.05) is 24.2 Å². The average Bonchev–Trinajstić information content (AvgIpc) is 3.10. The maximum atomic E-state index is 12.4. The van der Waals surface area contributed by atoms with E-state index in [1.54, 1.807) is 18.2 Å². The second kappa shape index (κ2) is 7.08. The molecule has 0 saturated carbocycles. The molecule has 24 heavy (non-hydrogen) atoms. The zero-order valence-electron chi connectivity index (χ0n) is 12.9. The lowest BCUT2D eigenvalue weighted by molar-refractivity contribution is 0.0876. The molecule has 128 valence electrons. The highest BCUT2D eigenvalue weighted by molar-refractivity contribution is 8.01. The van der Waals surface area contributed by atoms with Crippen LogP contribution in [-0.4, -0.2) is 47.7 Å². The molecule has 0 spiro atoms. The number of thioether (sulfide) groups is 1. The van der Waals surface area contributed by atoms with Crippen LogP contribution in [0, 0.1) is 0 Å². The molecular weight excluding hydrogens is 368 g/mol. The zero-order valence-corrected chi connectivity index (χ0v) is 15.4. The van der Waals surface area contributed by atoms with Crippen molar-refractivity contribution in [1.29, 1.82) is 0 Å². The fourth-order valence-corrected chi connectivity index (χ4v) is 5.70. The van der Waals surface area contributed by atoms with Gasteiger partial charge in [0.15, 0.2) is 4.34 Å². The number of aromatic nitrogens is 2. The third-order valence-electron chi connectivity index (χ3n) is 3.36. The van der Waals surface area contributed by atoms with Gasteiger partial charge in [-0.15, -0.1) is 10.2 Å². The molecule has 1 aromatic carbocycles. The molecule has 0 bridgehead atoms. The van der Waals surface area contributed by atoms with E-state index in [1.807, 2.05) is 0 Å². The molecule has 0 aliphatic carbocycles. The number of carbonyl (C=O) groups excluding carboxylic acids is 1. The Kier molecular flexibility index (Phi) is 5.07. The highest BCUT2D eigenvalue weighted by Crippen LogP contribution is 2.31. The molecule has 0 radical (unpaired) electrons. The minimum atomic E-state index is -3.73. The van der Waals surface area contributed by atoms with Crippen LogP contribution in [-0.2, 0) is 10.0 Å². The molecule has 0 unspecified atom stereocenters. The van der Waals surface area contributed by atoms with E-state index < -0.39 is 15.9 Å². The van der Waals surface area contributed by atoms with Gasteiger partial charge in [0, 0.05) is 18.8 Å².